The molecule has 0 aliphatic heterocycles. The highest BCUT2D eigenvalue weighted by Gasteiger charge is 2.24. The zero-order valence-corrected chi connectivity index (χ0v) is 17.4. The van der Waals surface area contributed by atoms with E-state index in [2.05, 4.69) is 15.5 Å². The molecule has 0 spiro atoms. The Labute approximate surface area is 187 Å². The molecule has 4 aromatic rings. The SMILES string of the molecule is COc1ccc(NC(=O)c2c(-c3ccccc3)c(-c3ccccc3)n[nH]c2=O)cc1[N+](=O)[O-]. The summed E-state index contributed by atoms with van der Waals surface area (Å²) < 4.78 is 4.99. The first-order chi connectivity index (χ1) is 16.0. The first kappa shape index (κ1) is 21.4. The number of H-pyrrole nitrogens is 1. The van der Waals surface area contributed by atoms with Crippen LogP contribution in [0.3, 0.4) is 0 Å². The number of aromatic amines is 1. The van der Waals surface area contributed by atoms with Crippen molar-refractivity contribution >= 4 is 17.3 Å². The molecule has 164 valence electrons. The molecule has 1 amide bonds. The number of hydrogen-bond donors (Lipinski definition) is 2. The van der Waals surface area contributed by atoms with E-state index >= 15 is 0 Å². The fourth-order valence-corrected chi connectivity index (χ4v) is 3.46. The third-order valence-corrected chi connectivity index (χ3v) is 4.95. The average molecular weight is 442 g/mol. The van der Waals surface area contributed by atoms with E-state index in [1.807, 2.05) is 36.4 Å². The van der Waals surface area contributed by atoms with Gasteiger partial charge in [-0.25, -0.2) is 5.10 Å². The van der Waals surface area contributed by atoms with E-state index in [1.54, 1.807) is 24.3 Å². The summed E-state index contributed by atoms with van der Waals surface area (Å²) in [6.07, 6.45) is 0. The lowest BCUT2D eigenvalue weighted by molar-refractivity contribution is -0.385. The minimum atomic E-state index is -0.728. The summed E-state index contributed by atoms with van der Waals surface area (Å²) >= 11 is 0. The van der Waals surface area contributed by atoms with E-state index in [9.17, 15) is 19.7 Å². The Hall–Kier alpha value is -4.79. The first-order valence-electron chi connectivity index (χ1n) is 9.87. The van der Waals surface area contributed by atoms with Crippen LogP contribution >= 0.6 is 0 Å². The van der Waals surface area contributed by atoms with E-state index in [4.69, 9.17) is 4.74 Å². The Balaban J connectivity index is 1.86. The van der Waals surface area contributed by atoms with Crippen molar-refractivity contribution in [2.75, 3.05) is 12.4 Å². The Morgan fingerprint density at radius 2 is 1.64 bits per heavy atom. The molecular weight excluding hydrogens is 424 g/mol. The van der Waals surface area contributed by atoms with Gasteiger partial charge < -0.3 is 10.1 Å². The fourth-order valence-electron chi connectivity index (χ4n) is 3.46. The van der Waals surface area contributed by atoms with E-state index in [1.165, 1.54) is 25.3 Å². The van der Waals surface area contributed by atoms with E-state index < -0.39 is 16.4 Å². The van der Waals surface area contributed by atoms with Crippen LogP contribution in [-0.4, -0.2) is 28.1 Å². The summed E-state index contributed by atoms with van der Waals surface area (Å²) in [6.45, 7) is 0. The molecule has 0 radical (unpaired) electrons. The lowest BCUT2D eigenvalue weighted by Crippen LogP contribution is -2.26. The van der Waals surface area contributed by atoms with Gasteiger partial charge in [0.05, 0.1) is 17.7 Å². The van der Waals surface area contributed by atoms with E-state index in [0.29, 0.717) is 22.4 Å². The lowest BCUT2D eigenvalue weighted by Gasteiger charge is -2.14. The average Bonchev–Trinajstić information content (AvgIpc) is 2.84. The minimum absolute atomic E-state index is 0.0519. The number of ether oxygens (including phenoxy) is 1. The molecule has 0 aliphatic carbocycles. The highest BCUT2D eigenvalue weighted by Crippen LogP contribution is 2.33. The van der Waals surface area contributed by atoms with Crippen molar-refractivity contribution in [3.05, 3.63) is 105 Å². The Morgan fingerprint density at radius 3 is 2.24 bits per heavy atom. The Bertz CT molecular complexity index is 1390. The van der Waals surface area contributed by atoms with Gasteiger partial charge in [-0.05, 0) is 17.7 Å². The second-order valence-corrected chi connectivity index (χ2v) is 6.98. The monoisotopic (exact) mass is 442 g/mol. The maximum atomic E-state index is 13.3. The number of nitro benzene ring substituents is 1. The predicted octanol–water partition coefficient (Wildman–Crippen LogP) is 4.27. The zero-order valence-electron chi connectivity index (χ0n) is 17.4. The van der Waals surface area contributed by atoms with Crippen molar-refractivity contribution in [1.29, 1.82) is 0 Å². The standard InChI is InChI=1S/C24H18N4O5/c1-33-19-13-12-17(14-18(19)28(31)32)25-23(29)21-20(15-8-4-2-5-9-15)22(26-27-24(21)30)16-10-6-3-7-11-16/h2-14H,1H3,(H,25,29)(H,27,30). The summed E-state index contributed by atoms with van der Waals surface area (Å²) in [4.78, 5) is 36.8. The number of nitro groups is 1. The second-order valence-electron chi connectivity index (χ2n) is 6.98. The van der Waals surface area contributed by atoms with Crippen LogP contribution in [0, 0.1) is 10.1 Å². The van der Waals surface area contributed by atoms with Crippen LogP contribution < -0.4 is 15.6 Å². The normalized spacial score (nSPS) is 10.5. The Morgan fingerprint density at radius 1 is 1.00 bits per heavy atom. The maximum Gasteiger partial charge on any atom is 0.312 e. The summed E-state index contributed by atoms with van der Waals surface area (Å²) in [5.41, 5.74) is 1.10. The molecule has 0 fully saturated rings. The number of aromatic nitrogens is 2. The van der Waals surface area contributed by atoms with Gasteiger partial charge >= 0.3 is 5.69 Å². The summed E-state index contributed by atoms with van der Waals surface area (Å²) in [7, 11) is 1.31. The maximum absolute atomic E-state index is 13.3. The molecule has 9 nitrogen and oxygen atoms in total. The van der Waals surface area contributed by atoms with Gasteiger partial charge in [-0.2, -0.15) is 5.10 Å². The van der Waals surface area contributed by atoms with Gasteiger partial charge in [0.15, 0.2) is 5.75 Å². The second kappa shape index (κ2) is 9.15. The summed E-state index contributed by atoms with van der Waals surface area (Å²) in [5, 5.41) is 20.5. The van der Waals surface area contributed by atoms with Crippen molar-refractivity contribution in [2.45, 2.75) is 0 Å². The van der Waals surface area contributed by atoms with Crippen LogP contribution in [0.15, 0.2) is 83.7 Å². The third kappa shape index (κ3) is 4.33. The van der Waals surface area contributed by atoms with Crippen LogP contribution in [0.2, 0.25) is 0 Å². The molecule has 1 heterocycles. The smallest absolute Gasteiger partial charge is 0.312 e. The minimum Gasteiger partial charge on any atom is -0.490 e. The van der Waals surface area contributed by atoms with Gasteiger partial charge in [0.25, 0.3) is 11.5 Å². The van der Waals surface area contributed by atoms with Crippen LogP contribution in [0.5, 0.6) is 5.75 Å². The van der Waals surface area contributed by atoms with Gasteiger partial charge in [0.1, 0.15) is 5.56 Å². The van der Waals surface area contributed by atoms with Crippen molar-refractivity contribution in [3.63, 3.8) is 0 Å². The number of nitrogens with zero attached hydrogens (tertiary/aromatic N) is 2. The summed E-state index contributed by atoms with van der Waals surface area (Å²) in [6, 6.07) is 22.1. The van der Waals surface area contributed by atoms with Gasteiger partial charge in [-0.1, -0.05) is 60.7 Å². The quantitative estimate of drug-likeness (QED) is 0.339. The fraction of sp³-hybridized carbons (Fsp3) is 0.0417. The number of methoxy groups -OCH3 is 1. The predicted molar refractivity (Wildman–Crippen MR) is 123 cm³/mol. The molecule has 4 rings (SSSR count). The number of anilines is 1. The number of benzene rings is 3. The van der Waals surface area contributed by atoms with Crippen LogP contribution in [-0.2, 0) is 0 Å². The van der Waals surface area contributed by atoms with Gasteiger partial charge in [-0.3, -0.25) is 19.7 Å². The van der Waals surface area contributed by atoms with Gasteiger partial charge in [0.2, 0.25) is 0 Å². The number of hydrogen-bond acceptors (Lipinski definition) is 6. The molecule has 9 heteroatoms. The first-order valence-corrected chi connectivity index (χ1v) is 9.87. The number of nitrogens with one attached hydrogen (secondary N) is 2. The molecule has 2 N–H and O–H groups in total. The van der Waals surface area contributed by atoms with Crippen molar-refractivity contribution in [3.8, 4) is 28.1 Å². The van der Waals surface area contributed by atoms with Crippen molar-refractivity contribution in [1.82, 2.24) is 10.2 Å². The van der Waals surface area contributed by atoms with E-state index in [0.717, 1.165) is 0 Å². The summed E-state index contributed by atoms with van der Waals surface area (Å²) in [5.74, 6) is -0.676. The molecule has 0 saturated heterocycles. The van der Waals surface area contributed by atoms with Gasteiger partial charge in [-0.15, -0.1) is 0 Å². The molecule has 1 aromatic heterocycles. The third-order valence-electron chi connectivity index (χ3n) is 4.95. The molecular formula is C24H18N4O5. The topological polar surface area (TPSA) is 127 Å². The zero-order chi connectivity index (χ0) is 23.4. The van der Waals surface area contributed by atoms with Crippen LogP contribution in [0.1, 0.15) is 10.4 Å². The van der Waals surface area contributed by atoms with Crippen molar-refractivity contribution < 1.29 is 14.5 Å². The number of carbonyl (C=O) groups is 1. The number of carbonyl (C=O) groups excluding carboxylic acids is 1. The molecule has 0 unspecified atom stereocenters. The van der Waals surface area contributed by atoms with E-state index in [-0.39, 0.29) is 22.7 Å². The molecule has 3 aromatic carbocycles. The molecule has 33 heavy (non-hydrogen) atoms. The molecule has 0 atom stereocenters. The highest BCUT2D eigenvalue weighted by molar-refractivity contribution is 6.10. The molecule has 0 saturated carbocycles. The number of rotatable bonds is 6. The highest BCUT2D eigenvalue weighted by atomic mass is 16.6. The largest absolute Gasteiger partial charge is 0.490 e. The lowest BCUT2D eigenvalue weighted by atomic mass is 9.95. The Kier molecular flexibility index (Phi) is 5.94. The van der Waals surface area contributed by atoms with Gasteiger partial charge in [0, 0.05) is 22.9 Å². The van der Waals surface area contributed by atoms with Crippen LogP contribution in [0.25, 0.3) is 22.4 Å². The van der Waals surface area contributed by atoms with Crippen LogP contribution in [0.4, 0.5) is 11.4 Å². The number of amides is 1. The molecule has 0 bridgehead atoms. The van der Waals surface area contributed by atoms with Crippen molar-refractivity contribution in [2.24, 2.45) is 0 Å². The molecule has 0 aliphatic rings.